The van der Waals surface area contributed by atoms with Gasteiger partial charge in [0, 0.05) is 45.1 Å². The largest absolute Gasteiger partial charge is 0.371 e. The second kappa shape index (κ2) is 5.69. The van der Waals surface area contributed by atoms with Crippen molar-refractivity contribution in [2.24, 2.45) is 0 Å². The van der Waals surface area contributed by atoms with Crippen molar-refractivity contribution < 1.29 is 66.5 Å². The van der Waals surface area contributed by atoms with Crippen molar-refractivity contribution in [1.29, 1.82) is 0 Å². The number of aliphatic hydroxyl groups is 1. The Morgan fingerprint density at radius 2 is 1.65 bits per heavy atom. The predicted octanol–water partition coefficient (Wildman–Crippen LogP) is -1.12. The fourth-order valence-electron chi connectivity index (χ4n) is 0.979. The van der Waals surface area contributed by atoms with E-state index < -0.39 is 26.8 Å². The molecule has 1 rings (SSSR count). The van der Waals surface area contributed by atoms with E-state index in [1.54, 1.807) is 0 Å². The van der Waals surface area contributed by atoms with Crippen LogP contribution in [0.4, 0.5) is 0 Å². The van der Waals surface area contributed by atoms with E-state index in [0.717, 1.165) is 10.9 Å². The van der Waals surface area contributed by atoms with E-state index >= 15 is 0 Å². The molecule has 0 bridgehead atoms. The van der Waals surface area contributed by atoms with Gasteiger partial charge in [0.2, 0.25) is 0 Å². The molecule has 0 fully saturated rings. The van der Waals surface area contributed by atoms with Crippen LogP contribution in [-0.4, -0.2) is 39.3 Å². The van der Waals surface area contributed by atoms with Gasteiger partial charge in [-0.15, -0.1) is 0 Å². The van der Waals surface area contributed by atoms with Gasteiger partial charge in [-0.05, 0) is 0 Å². The summed E-state index contributed by atoms with van der Waals surface area (Å²) in [6.45, 7) is -0.957. The van der Waals surface area contributed by atoms with Gasteiger partial charge in [-0.1, -0.05) is 0 Å². The summed E-state index contributed by atoms with van der Waals surface area (Å²) in [6, 6.07) is 0. The molecular formula is C5H10N2O7P2Y. The van der Waals surface area contributed by atoms with Crippen LogP contribution < -0.4 is 0 Å². The zero-order chi connectivity index (χ0) is 12.6. The molecule has 0 unspecified atom stereocenters. The fourth-order valence-corrected chi connectivity index (χ4v) is 3.03. The first-order valence-electron chi connectivity index (χ1n) is 3.87. The van der Waals surface area contributed by atoms with Gasteiger partial charge < -0.3 is 29.2 Å². The van der Waals surface area contributed by atoms with Crippen LogP contribution in [0.5, 0.6) is 0 Å². The van der Waals surface area contributed by atoms with Gasteiger partial charge in [-0.3, -0.25) is 9.13 Å². The van der Waals surface area contributed by atoms with Crippen LogP contribution in [0.15, 0.2) is 18.7 Å². The maximum absolute atomic E-state index is 10.9. The molecule has 0 aliphatic heterocycles. The number of imidazole rings is 1. The maximum atomic E-state index is 10.9. The minimum absolute atomic E-state index is 0. The first-order chi connectivity index (χ1) is 7.08. The van der Waals surface area contributed by atoms with Crippen LogP contribution in [0.1, 0.15) is 0 Å². The van der Waals surface area contributed by atoms with E-state index in [4.69, 9.17) is 19.6 Å². The molecule has 0 atom stereocenters. The number of hydrogen-bond acceptors (Lipinski definition) is 4. The topological polar surface area (TPSA) is 153 Å². The molecule has 1 aromatic heterocycles. The van der Waals surface area contributed by atoms with Crippen LogP contribution in [-0.2, 0) is 48.4 Å². The molecule has 12 heteroatoms. The Morgan fingerprint density at radius 3 is 1.94 bits per heavy atom. The molecule has 0 amide bonds. The summed E-state index contributed by atoms with van der Waals surface area (Å²) in [4.78, 5) is 38.7. The Morgan fingerprint density at radius 1 is 1.18 bits per heavy atom. The minimum atomic E-state index is -5.41. The first-order valence-corrected chi connectivity index (χ1v) is 7.10. The standard InChI is InChI=1S/C5H10N2O7P2.Y/c8-5(15(9,10)11,16(12,13)14)3-7-2-1-6-4-7;/h1-2,4,8H,3H2,(H2,9,10,11)(H2,12,13,14);/i;1+1. The molecule has 9 nitrogen and oxygen atoms in total. The zero-order valence-corrected chi connectivity index (χ0v) is 13.0. The monoisotopic (exact) mass is 362 g/mol. The number of rotatable bonds is 4. The summed E-state index contributed by atoms with van der Waals surface area (Å²) in [5.41, 5.74) is 0. The van der Waals surface area contributed by atoms with Crippen LogP contribution in [0.3, 0.4) is 0 Å². The molecule has 17 heavy (non-hydrogen) atoms. The minimum Gasteiger partial charge on any atom is -0.366 e. The van der Waals surface area contributed by atoms with Gasteiger partial charge in [0.15, 0.2) is 0 Å². The summed E-state index contributed by atoms with van der Waals surface area (Å²) in [5, 5.41) is 6.04. The number of hydrogen-bond donors (Lipinski definition) is 5. The third-order valence-electron chi connectivity index (χ3n) is 1.89. The fraction of sp³-hybridized carbons (Fsp3) is 0.400. The SMILES string of the molecule is O=P(O)(O)C(O)(Cn1ccnc1)P(=O)(O)O.[90Y]. The molecule has 0 saturated carbocycles. The van der Waals surface area contributed by atoms with E-state index in [1.807, 2.05) is 0 Å². The second-order valence-corrected chi connectivity index (χ2v) is 7.11. The van der Waals surface area contributed by atoms with Gasteiger partial charge >= 0.3 is 15.2 Å². The number of nitrogens with zero attached hydrogens (tertiary/aromatic N) is 2. The zero-order valence-electron chi connectivity index (χ0n) is 8.36. The smallest absolute Gasteiger partial charge is 0.366 e. The molecule has 0 spiro atoms. The third-order valence-corrected chi connectivity index (χ3v) is 5.60. The van der Waals surface area contributed by atoms with Crippen molar-refractivity contribution in [3.05, 3.63) is 18.7 Å². The van der Waals surface area contributed by atoms with Crippen molar-refractivity contribution >= 4 is 15.2 Å². The Hall–Kier alpha value is 0.574. The summed E-state index contributed by atoms with van der Waals surface area (Å²) >= 11 is 0. The van der Waals surface area contributed by atoms with Crippen molar-refractivity contribution in [3.8, 4) is 0 Å². The van der Waals surface area contributed by atoms with Gasteiger partial charge in [0.05, 0.1) is 12.9 Å². The quantitative estimate of drug-likeness (QED) is 0.423. The van der Waals surface area contributed by atoms with E-state index in [-0.39, 0.29) is 32.7 Å². The summed E-state index contributed by atoms with van der Waals surface area (Å²) in [5.74, 6) is 0. The van der Waals surface area contributed by atoms with Gasteiger partial charge in [0.1, 0.15) is 0 Å². The van der Waals surface area contributed by atoms with Crippen LogP contribution in [0, 0.1) is 0 Å². The van der Waals surface area contributed by atoms with E-state index in [1.165, 1.54) is 12.4 Å². The molecule has 0 aromatic carbocycles. The third kappa shape index (κ3) is 3.77. The average molecular weight is 362 g/mol. The Kier molecular flexibility index (Phi) is 5.88. The molecule has 1 aromatic rings. The summed E-state index contributed by atoms with van der Waals surface area (Å²) in [7, 11) is -10.8. The van der Waals surface area contributed by atoms with E-state index in [0.29, 0.717) is 0 Å². The summed E-state index contributed by atoms with van der Waals surface area (Å²) < 4.78 is 22.8. The van der Waals surface area contributed by atoms with Crippen LogP contribution in [0.25, 0.3) is 0 Å². The van der Waals surface area contributed by atoms with Crippen LogP contribution in [0.2, 0.25) is 0 Å². The maximum Gasteiger partial charge on any atom is 0.371 e. The van der Waals surface area contributed by atoms with Crippen molar-refractivity contribution in [1.82, 2.24) is 9.55 Å². The van der Waals surface area contributed by atoms with Crippen molar-refractivity contribution in [3.63, 3.8) is 0 Å². The molecular weight excluding hydrogens is 352 g/mol. The predicted molar refractivity (Wildman–Crippen MR) is 51.3 cm³/mol. The molecule has 95 valence electrons. The molecule has 0 aliphatic carbocycles. The summed E-state index contributed by atoms with van der Waals surface area (Å²) in [6.07, 6.45) is 3.51. The molecule has 0 saturated heterocycles. The van der Waals surface area contributed by atoms with Crippen molar-refractivity contribution in [2.75, 3.05) is 0 Å². The Bertz CT molecular complexity index is 429. The van der Waals surface area contributed by atoms with Crippen LogP contribution >= 0.6 is 15.2 Å². The van der Waals surface area contributed by atoms with Gasteiger partial charge in [-0.2, -0.15) is 0 Å². The van der Waals surface area contributed by atoms with Crippen molar-refractivity contribution in [2.45, 2.75) is 11.6 Å². The van der Waals surface area contributed by atoms with Gasteiger partial charge in [0.25, 0.3) is 5.08 Å². The molecule has 1 radical (unpaired) electrons. The van der Waals surface area contributed by atoms with E-state index in [9.17, 15) is 14.2 Å². The average Bonchev–Trinajstić information content (AvgIpc) is 2.52. The molecule has 1 heterocycles. The number of aromatic nitrogens is 2. The normalized spacial score (nSPS) is 13.2. The molecule has 0 aliphatic rings. The van der Waals surface area contributed by atoms with Gasteiger partial charge in [-0.25, -0.2) is 4.98 Å². The van der Waals surface area contributed by atoms with E-state index in [2.05, 4.69) is 4.98 Å². The first kappa shape index (κ1) is 17.6. The Labute approximate surface area is 121 Å². The Balaban J connectivity index is 0.00000256. The molecule has 5 N–H and O–H groups in total. The second-order valence-electron chi connectivity index (χ2n) is 3.10.